The topological polar surface area (TPSA) is 12.9 Å². The van der Waals surface area contributed by atoms with Crippen molar-refractivity contribution in [3.8, 4) is 0 Å². The van der Waals surface area contributed by atoms with Crippen molar-refractivity contribution in [2.75, 3.05) is 0 Å². The molecule has 0 aliphatic rings. The number of pyridine rings is 1. The van der Waals surface area contributed by atoms with Crippen LogP contribution in [0.1, 0.15) is 16.7 Å². The molecule has 0 aliphatic heterocycles. The van der Waals surface area contributed by atoms with Gasteiger partial charge < -0.3 is 0 Å². The molecule has 0 saturated heterocycles. The first-order valence-electron chi connectivity index (χ1n) is 5.61. The molecule has 0 spiro atoms. The molecule has 1 heterocycles. The largest absolute Gasteiger partial charge is 0.416 e. The van der Waals surface area contributed by atoms with E-state index in [0.717, 1.165) is 11.6 Å². The predicted molar refractivity (Wildman–Crippen MR) is 63.1 cm³/mol. The quantitative estimate of drug-likeness (QED) is 0.806. The number of hydrogen-bond acceptors (Lipinski definition) is 1. The molecule has 1 aromatic heterocycles. The van der Waals surface area contributed by atoms with E-state index in [4.69, 9.17) is 0 Å². The van der Waals surface area contributed by atoms with Gasteiger partial charge in [-0.2, -0.15) is 13.2 Å². The third-order valence-electron chi connectivity index (χ3n) is 2.73. The van der Waals surface area contributed by atoms with E-state index in [9.17, 15) is 13.2 Å². The first-order valence-corrected chi connectivity index (χ1v) is 5.61. The first-order chi connectivity index (χ1) is 8.57. The van der Waals surface area contributed by atoms with Gasteiger partial charge >= 0.3 is 6.18 Å². The zero-order valence-corrected chi connectivity index (χ0v) is 9.61. The number of hydrogen-bond donors (Lipinski definition) is 0. The Labute approximate surface area is 103 Å². The summed E-state index contributed by atoms with van der Waals surface area (Å²) in [7, 11) is 0. The second-order valence-corrected chi connectivity index (χ2v) is 4.02. The van der Waals surface area contributed by atoms with Crippen molar-refractivity contribution in [3.05, 3.63) is 65.5 Å². The van der Waals surface area contributed by atoms with Gasteiger partial charge in [0.15, 0.2) is 0 Å². The van der Waals surface area contributed by atoms with Crippen LogP contribution in [0.15, 0.2) is 48.8 Å². The second kappa shape index (κ2) is 5.21. The zero-order chi connectivity index (χ0) is 13.0. The van der Waals surface area contributed by atoms with Crippen LogP contribution in [0.3, 0.4) is 0 Å². The molecular weight excluding hydrogens is 239 g/mol. The van der Waals surface area contributed by atoms with Gasteiger partial charge in [-0.3, -0.25) is 4.98 Å². The van der Waals surface area contributed by atoms with E-state index in [0.29, 0.717) is 18.4 Å². The Bertz CT molecular complexity index is 506. The number of halogens is 3. The molecule has 94 valence electrons. The molecular formula is C14H12F3N. The van der Waals surface area contributed by atoms with Crippen molar-refractivity contribution in [1.29, 1.82) is 0 Å². The van der Waals surface area contributed by atoms with E-state index in [2.05, 4.69) is 4.98 Å². The standard InChI is InChI=1S/C14H12F3N/c15-14(16,17)13-6-2-1-5-12(13)8-7-11-4-3-9-18-10-11/h1-6,9-10H,7-8H2. The summed E-state index contributed by atoms with van der Waals surface area (Å²) in [4.78, 5) is 3.95. The van der Waals surface area contributed by atoms with E-state index in [1.54, 1.807) is 24.5 Å². The molecule has 4 heteroatoms. The molecule has 0 N–H and O–H groups in total. The highest BCUT2D eigenvalue weighted by atomic mass is 19.4. The Kier molecular flexibility index (Phi) is 3.65. The summed E-state index contributed by atoms with van der Waals surface area (Å²) in [5, 5.41) is 0. The number of benzene rings is 1. The Morgan fingerprint density at radius 2 is 1.72 bits per heavy atom. The number of aromatic nitrogens is 1. The predicted octanol–water partition coefficient (Wildman–Crippen LogP) is 3.89. The summed E-state index contributed by atoms with van der Waals surface area (Å²) < 4.78 is 38.3. The van der Waals surface area contributed by atoms with Crippen molar-refractivity contribution in [2.24, 2.45) is 0 Å². The lowest BCUT2D eigenvalue weighted by atomic mass is 10.0. The van der Waals surface area contributed by atoms with Gasteiger partial charge in [0.1, 0.15) is 0 Å². The molecule has 1 aromatic carbocycles. The van der Waals surface area contributed by atoms with Crippen LogP contribution in [0.5, 0.6) is 0 Å². The van der Waals surface area contributed by atoms with Crippen LogP contribution in [-0.4, -0.2) is 4.98 Å². The third kappa shape index (κ3) is 3.09. The second-order valence-electron chi connectivity index (χ2n) is 4.02. The van der Waals surface area contributed by atoms with Crippen LogP contribution < -0.4 is 0 Å². The molecule has 0 saturated carbocycles. The van der Waals surface area contributed by atoms with Crippen LogP contribution in [-0.2, 0) is 19.0 Å². The lowest BCUT2D eigenvalue weighted by Gasteiger charge is -2.12. The van der Waals surface area contributed by atoms with Crippen LogP contribution in [0.4, 0.5) is 13.2 Å². The van der Waals surface area contributed by atoms with Crippen molar-refractivity contribution in [1.82, 2.24) is 4.98 Å². The number of nitrogens with zero attached hydrogens (tertiary/aromatic N) is 1. The van der Waals surface area contributed by atoms with Gasteiger partial charge in [0.25, 0.3) is 0 Å². The third-order valence-corrected chi connectivity index (χ3v) is 2.73. The Balaban J connectivity index is 2.15. The molecule has 2 rings (SSSR count). The van der Waals surface area contributed by atoms with E-state index in [1.165, 1.54) is 12.1 Å². The van der Waals surface area contributed by atoms with Crippen LogP contribution in [0, 0.1) is 0 Å². The van der Waals surface area contributed by atoms with Gasteiger partial charge in [-0.05, 0) is 36.1 Å². The molecule has 0 radical (unpaired) electrons. The van der Waals surface area contributed by atoms with Crippen molar-refractivity contribution >= 4 is 0 Å². The molecule has 0 amide bonds. The van der Waals surface area contributed by atoms with Crippen LogP contribution in [0.25, 0.3) is 0 Å². The lowest BCUT2D eigenvalue weighted by molar-refractivity contribution is -0.138. The van der Waals surface area contributed by atoms with Gasteiger partial charge in [0.05, 0.1) is 5.56 Å². The smallest absolute Gasteiger partial charge is 0.264 e. The highest BCUT2D eigenvalue weighted by Gasteiger charge is 2.32. The highest BCUT2D eigenvalue weighted by molar-refractivity contribution is 5.30. The minimum absolute atomic E-state index is 0.328. The average Bonchev–Trinajstić information content (AvgIpc) is 2.37. The summed E-state index contributed by atoms with van der Waals surface area (Å²) in [6.45, 7) is 0. The SMILES string of the molecule is FC(F)(F)c1ccccc1CCc1cccnc1. The fourth-order valence-corrected chi connectivity index (χ4v) is 1.84. The molecule has 0 aliphatic carbocycles. The summed E-state index contributed by atoms with van der Waals surface area (Å²) in [5.74, 6) is 0. The van der Waals surface area contributed by atoms with Gasteiger partial charge in [0.2, 0.25) is 0 Å². The monoisotopic (exact) mass is 251 g/mol. The number of aryl methyl sites for hydroxylation is 2. The Morgan fingerprint density at radius 3 is 2.39 bits per heavy atom. The van der Waals surface area contributed by atoms with Gasteiger partial charge in [-0.25, -0.2) is 0 Å². The van der Waals surface area contributed by atoms with E-state index >= 15 is 0 Å². The van der Waals surface area contributed by atoms with Crippen molar-refractivity contribution in [3.63, 3.8) is 0 Å². The van der Waals surface area contributed by atoms with Crippen molar-refractivity contribution in [2.45, 2.75) is 19.0 Å². The Morgan fingerprint density at radius 1 is 0.944 bits per heavy atom. The van der Waals surface area contributed by atoms with Gasteiger partial charge in [-0.1, -0.05) is 24.3 Å². The zero-order valence-electron chi connectivity index (χ0n) is 9.61. The highest BCUT2D eigenvalue weighted by Crippen LogP contribution is 2.32. The molecule has 2 aromatic rings. The summed E-state index contributed by atoms with van der Waals surface area (Å²) in [6, 6.07) is 9.34. The molecule has 0 atom stereocenters. The van der Waals surface area contributed by atoms with Crippen LogP contribution >= 0.6 is 0 Å². The van der Waals surface area contributed by atoms with E-state index in [1.807, 2.05) is 6.07 Å². The number of rotatable bonds is 3. The molecule has 0 bridgehead atoms. The summed E-state index contributed by atoms with van der Waals surface area (Å²) >= 11 is 0. The minimum atomic E-state index is -4.29. The average molecular weight is 251 g/mol. The maximum atomic E-state index is 12.8. The number of alkyl halides is 3. The summed E-state index contributed by atoms with van der Waals surface area (Å²) in [6.07, 6.45) is -0.0444. The molecule has 0 unspecified atom stereocenters. The Hall–Kier alpha value is -1.84. The maximum Gasteiger partial charge on any atom is 0.416 e. The molecule has 1 nitrogen and oxygen atoms in total. The fraction of sp³-hybridized carbons (Fsp3) is 0.214. The van der Waals surface area contributed by atoms with E-state index < -0.39 is 11.7 Å². The molecule has 18 heavy (non-hydrogen) atoms. The summed E-state index contributed by atoms with van der Waals surface area (Å²) in [5.41, 5.74) is 0.720. The lowest BCUT2D eigenvalue weighted by Crippen LogP contribution is -2.09. The van der Waals surface area contributed by atoms with Gasteiger partial charge in [-0.15, -0.1) is 0 Å². The fourth-order valence-electron chi connectivity index (χ4n) is 1.84. The minimum Gasteiger partial charge on any atom is -0.264 e. The maximum absolute atomic E-state index is 12.8. The normalized spacial score (nSPS) is 11.5. The van der Waals surface area contributed by atoms with E-state index in [-0.39, 0.29) is 0 Å². The van der Waals surface area contributed by atoms with Crippen molar-refractivity contribution < 1.29 is 13.2 Å². The van der Waals surface area contributed by atoms with Gasteiger partial charge in [0, 0.05) is 12.4 Å². The van der Waals surface area contributed by atoms with Crippen LogP contribution in [0.2, 0.25) is 0 Å². The molecule has 0 fully saturated rings. The first kappa shape index (κ1) is 12.6.